The molecule has 2 fully saturated rings. The molecule has 0 radical (unpaired) electrons. The van der Waals surface area contributed by atoms with Gasteiger partial charge >= 0.3 is 0 Å². The minimum Gasteiger partial charge on any atom is -0.507 e. The summed E-state index contributed by atoms with van der Waals surface area (Å²) in [4.78, 5) is 23.7. The summed E-state index contributed by atoms with van der Waals surface area (Å²) in [5.74, 6) is 1.50. The van der Waals surface area contributed by atoms with E-state index >= 15 is 0 Å². The molecule has 7 heteroatoms. The van der Waals surface area contributed by atoms with Crippen LogP contribution in [0.2, 0.25) is 0 Å². The van der Waals surface area contributed by atoms with Crippen molar-refractivity contribution in [1.29, 1.82) is 0 Å². The highest BCUT2D eigenvalue weighted by molar-refractivity contribution is 5.84. The number of hydrogen-bond donors (Lipinski definition) is 3. The van der Waals surface area contributed by atoms with Crippen molar-refractivity contribution < 1.29 is 15.0 Å². The quantitative estimate of drug-likeness (QED) is 0.745. The third kappa shape index (κ3) is 3.35. The number of carbonyl (C=O) groups excluding carboxylic acids is 1. The minimum absolute atomic E-state index is 0.0567. The van der Waals surface area contributed by atoms with E-state index in [9.17, 15) is 15.0 Å². The molecule has 2 aliphatic heterocycles. The van der Waals surface area contributed by atoms with Gasteiger partial charge in [0.25, 0.3) is 0 Å². The monoisotopic (exact) mass is 368 g/mol. The van der Waals surface area contributed by atoms with Crippen LogP contribution in [-0.4, -0.2) is 51.8 Å². The first-order valence-corrected chi connectivity index (χ1v) is 9.32. The summed E-state index contributed by atoms with van der Waals surface area (Å²) in [5, 5.41) is 22.9. The summed E-state index contributed by atoms with van der Waals surface area (Å²) in [7, 11) is 0. The lowest BCUT2D eigenvalue weighted by molar-refractivity contribution is -0.138. The van der Waals surface area contributed by atoms with Gasteiger partial charge in [-0.1, -0.05) is 12.1 Å². The van der Waals surface area contributed by atoms with Crippen molar-refractivity contribution in [2.24, 2.45) is 5.41 Å². The Balaban J connectivity index is 1.57. The average molecular weight is 368 g/mol. The van der Waals surface area contributed by atoms with E-state index < -0.39 is 11.5 Å². The van der Waals surface area contributed by atoms with Gasteiger partial charge in [-0.05, 0) is 38.3 Å². The number of aliphatic hydroxyl groups is 1. The fourth-order valence-corrected chi connectivity index (χ4v) is 4.11. The number of benzene rings is 1. The van der Waals surface area contributed by atoms with Crippen LogP contribution in [0.1, 0.15) is 25.0 Å². The molecule has 1 aromatic carbocycles. The van der Waals surface area contributed by atoms with Crippen LogP contribution in [-0.2, 0) is 4.79 Å². The summed E-state index contributed by atoms with van der Waals surface area (Å²) in [6.07, 6.45) is 1.43. The molecule has 1 amide bonds. The van der Waals surface area contributed by atoms with Crippen molar-refractivity contribution in [2.75, 3.05) is 24.5 Å². The SMILES string of the molecule is Cc1cc(N2CCC3(CC2)CC(O)CNC3=O)nc(-c2ccccc2O)n1. The first kappa shape index (κ1) is 17.7. The Hall–Kier alpha value is -2.67. The molecule has 1 unspecified atom stereocenters. The molecule has 1 atom stereocenters. The number of anilines is 1. The van der Waals surface area contributed by atoms with Gasteiger partial charge in [0.15, 0.2) is 5.82 Å². The molecule has 2 aromatic rings. The van der Waals surface area contributed by atoms with Crippen LogP contribution in [0.4, 0.5) is 5.82 Å². The van der Waals surface area contributed by atoms with Crippen LogP contribution in [0.5, 0.6) is 5.75 Å². The van der Waals surface area contributed by atoms with E-state index in [1.165, 1.54) is 0 Å². The molecule has 4 rings (SSSR count). The van der Waals surface area contributed by atoms with E-state index in [1.54, 1.807) is 18.2 Å². The van der Waals surface area contributed by atoms with Crippen molar-refractivity contribution in [3.63, 3.8) is 0 Å². The number of rotatable bonds is 2. The van der Waals surface area contributed by atoms with E-state index in [0.29, 0.717) is 50.3 Å². The zero-order valence-corrected chi connectivity index (χ0v) is 15.4. The molecule has 142 valence electrons. The largest absolute Gasteiger partial charge is 0.507 e. The summed E-state index contributed by atoms with van der Waals surface area (Å²) >= 11 is 0. The number of phenols is 1. The number of β-amino-alcohol motifs (C(OH)–C–C–N with tert-alkyl or cyclic N) is 1. The first-order valence-electron chi connectivity index (χ1n) is 9.32. The zero-order valence-electron chi connectivity index (χ0n) is 15.4. The minimum atomic E-state index is -0.475. The lowest BCUT2D eigenvalue weighted by atomic mass is 9.71. The van der Waals surface area contributed by atoms with Gasteiger partial charge in [0.2, 0.25) is 5.91 Å². The smallest absolute Gasteiger partial charge is 0.226 e. The number of carbonyl (C=O) groups is 1. The highest BCUT2D eigenvalue weighted by atomic mass is 16.3. The number of amides is 1. The number of aliphatic hydroxyl groups excluding tert-OH is 1. The molecule has 3 N–H and O–H groups in total. The van der Waals surface area contributed by atoms with E-state index in [2.05, 4.69) is 20.2 Å². The Labute approximate surface area is 158 Å². The van der Waals surface area contributed by atoms with E-state index in [4.69, 9.17) is 0 Å². The molecule has 0 bridgehead atoms. The van der Waals surface area contributed by atoms with Gasteiger partial charge in [0.1, 0.15) is 11.6 Å². The number of nitrogens with zero attached hydrogens (tertiary/aromatic N) is 3. The maximum absolute atomic E-state index is 12.4. The predicted molar refractivity (Wildman–Crippen MR) is 101 cm³/mol. The van der Waals surface area contributed by atoms with Gasteiger partial charge < -0.3 is 20.4 Å². The van der Waals surface area contributed by atoms with Gasteiger partial charge in [0.05, 0.1) is 17.1 Å². The number of aromatic hydroxyl groups is 1. The topological polar surface area (TPSA) is 98.6 Å². The van der Waals surface area contributed by atoms with E-state index in [-0.39, 0.29) is 11.7 Å². The van der Waals surface area contributed by atoms with Crippen LogP contribution in [0.15, 0.2) is 30.3 Å². The second kappa shape index (κ2) is 6.81. The van der Waals surface area contributed by atoms with E-state index in [1.807, 2.05) is 19.1 Å². The number of para-hydroxylation sites is 1. The molecule has 2 saturated heterocycles. The second-order valence-corrected chi connectivity index (χ2v) is 7.54. The Kier molecular flexibility index (Phi) is 4.47. The molecule has 1 spiro atoms. The number of nitrogens with one attached hydrogen (secondary N) is 1. The Morgan fingerprint density at radius 2 is 1.96 bits per heavy atom. The molecule has 3 heterocycles. The average Bonchev–Trinajstić information content (AvgIpc) is 2.65. The molecule has 2 aliphatic rings. The van der Waals surface area contributed by atoms with Crippen molar-refractivity contribution >= 4 is 11.7 Å². The molecule has 1 aromatic heterocycles. The highest BCUT2D eigenvalue weighted by Crippen LogP contribution is 2.39. The van der Waals surface area contributed by atoms with Crippen molar-refractivity contribution in [1.82, 2.24) is 15.3 Å². The summed E-state index contributed by atoms with van der Waals surface area (Å²) in [5.41, 5.74) is 0.951. The van der Waals surface area contributed by atoms with E-state index in [0.717, 1.165) is 11.5 Å². The van der Waals surface area contributed by atoms with Gasteiger partial charge in [0, 0.05) is 31.4 Å². The number of hydrogen-bond acceptors (Lipinski definition) is 6. The summed E-state index contributed by atoms with van der Waals surface area (Å²) < 4.78 is 0. The van der Waals surface area contributed by atoms with Crippen LogP contribution in [0.25, 0.3) is 11.4 Å². The molecule has 27 heavy (non-hydrogen) atoms. The summed E-state index contributed by atoms with van der Waals surface area (Å²) in [6, 6.07) is 8.96. The molecular weight excluding hydrogens is 344 g/mol. The third-order valence-corrected chi connectivity index (χ3v) is 5.64. The van der Waals surface area contributed by atoms with Gasteiger partial charge in [-0.3, -0.25) is 4.79 Å². The van der Waals surface area contributed by atoms with Crippen molar-refractivity contribution in [3.05, 3.63) is 36.0 Å². The normalized spacial score (nSPS) is 21.9. The third-order valence-electron chi connectivity index (χ3n) is 5.64. The number of aryl methyl sites for hydroxylation is 1. The van der Waals surface area contributed by atoms with Crippen LogP contribution in [0, 0.1) is 12.3 Å². The highest BCUT2D eigenvalue weighted by Gasteiger charge is 2.45. The first-order chi connectivity index (χ1) is 13.0. The van der Waals surface area contributed by atoms with Crippen molar-refractivity contribution in [3.8, 4) is 17.1 Å². The maximum atomic E-state index is 12.4. The predicted octanol–water partition coefficient (Wildman–Crippen LogP) is 1.63. The van der Waals surface area contributed by atoms with Crippen LogP contribution < -0.4 is 10.2 Å². The number of phenolic OH excluding ortho intramolecular Hbond substituents is 1. The van der Waals surface area contributed by atoms with Crippen LogP contribution in [0.3, 0.4) is 0 Å². The molecular formula is C20H24N4O3. The van der Waals surface area contributed by atoms with Gasteiger partial charge in [-0.15, -0.1) is 0 Å². The van der Waals surface area contributed by atoms with Crippen molar-refractivity contribution in [2.45, 2.75) is 32.3 Å². The number of piperidine rings is 2. The maximum Gasteiger partial charge on any atom is 0.226 e. The lowest BCUT2D eigenvalue weighted by Gasteiger charge is -2.44. The Bertz CT molecular complexity index is 862. The summed E-state index contributed by atoms with van der Waals surface area (Å²) in [6.45, 7) is 3.64. The standard InChI is InChI=1S/C20H24N4O3/c1-13-10-17(23-18(22-13)15-4-2-3-5-16(15)26)24-8-6-20(7-9-24)11-14(25)12-21-19(20)27/h2-5,10,14,25-26H,6-9,11-12H2,1H3,(H,21,27). The Morgan fingerprint density at radius 3 is 2.70 bits per heavy atom. The lowest BCUT2D eigenvalue weighted by Crippen LogP contribution is -2.56. The molecule has 0 saturated carbocycles. The fourth-order valence-electron chi connectivity index (χ4n) is 4.11. The van der Waals surface area contributed by atoms with Gasteiger partial charge in [-0.2, -0.15) is 0 Å². The Morgan fingerprint density at radius 1 is 1.22 bits per heavy atom. The fraction of sp³-hybridized carbons (Fsp3) is 0.450. The zero-order chi connectivity index (χ0) is 19.0. The van der Waals surface area contributed by atoms with Crippen LogP contribution >= 0.6 is 0 Å². The second-order valence-electron chi connectivity index (χ2n) is 7.54. The molecule has 7 nitrogen and oxygen atoms in total. The van der Waals surface area contributed by atoms with Gasteiger partial charge in [-0.25, -0.2) is 9.97 Å². The molecule has 0 aliphatic carbocycles. The number of aromatic nitrogens is 2.